The lowest BCUT2D eigenvalue weighted by atomic mass is 9.95. The summed E-state index contributed by atoms with van der Waals surface area (Å²) < 4.78 is 30.0. The second kappa shape index (κ2) is 14.7. The van der Waals surface area contributed by atoms with Crippen LogP contribution in [0.1, 0.15) is 54.9 Å². The number of ether oxygens (including phenoxy) is 1. The molecule has 45 heavy (non-hydrogen) atoms. The topological polar surface area (TPSA) is 134 Å². The lowest BCUT2D eigenvalue weighted by Gasteiger charge is -2.33. The number of amides is 3. The Hall–Kier alpha value is -3.54. The summed E-state index contributed by atoms with van der Waals surface area (Å²) in [6, 6.07) is 20.8. The summed E-state index contributed by atoms with van der Waals surface area (Å²) in [5.74, 6) is -1.09. The summed E-state index contributed by atoms with van der Waals surface area (Å²) in [4.78, 5) is 40.4. The average Bonchev–Trinajstić information content (AvgIpc) is 3.51. The Morgan fingerprint density at radius 1 is 0.867 bits per heavy atom. The summed E-state index contributed by atoms with van der Waals surface area (Å²) in [5.41, 5.74) is 2.08. The van der Waals surface area contributed by atoms with Gasteiger partial charge in [0.25, 0.3) is 5.91 Å². The van der Waals surface area contributed by atoms with Gasteiger partial charge in [-0.05, 0) is 55.2 Å². The second-order valence-corrected chi connectivity index (χ2v) is 16.1. The van der Waals surface area contributed by atoms with Crippen molar-refractivity contribution in [2.24, 2.45) is 5.92 Å². The maximum Gasteiger partial charge on any atom is 0.262 e. The lowest BCUT2D eigenvalue weighted by Crippen LogP contribution is -2.62. The maximum atomic E-state index is 13.9. The Morgan fingerprint density at radius 2 is 1.47 bits per heavy atom. The van der Waals surface area contributed by atoms with Crippen molar-refractivity contribution >= 4 is 38.9 Å². The summed E-state index contributed by atoms with van der Waals surface area (Å²) in [7, 11) is -3.78. The number of carbonyl (C=O) groups excluding carboxylic acids is 3. The third-order valence-corrected chi connectivity index (χ3v) is 11.4. The molecule has 2 heterocycles. The van der Waals surface area contributed by atoms with Crippen LogP contribution in [0.25, 0.3) is 0 Å². The van der Waals surface area contributed by atoms with Crippen LogP contribution in [0.3, 0.4) is 0 Å². The lowest BCUT2D eigenvalue weighted by molar-refractivity contribution is -0.124. The first-order valence-corrected chi connectivity index (χ1v) is 17.9. The van der Waals surface area contributed by atoms with Crippen molar-refractivity contribution < 1.29 is 27.5 Å². The standard InChI is InChI=1S/C34H43N3O6S2/c1-22(2)25(19-23-13-8-6-9-14-23)35-29(38)21-27-30(43-27)26(20-24-15-10-7-11-16-24)36-33(40)31(34(3,4)45(5,41)42)37-32(39)28-17-12-18-44-28/h6-18,22,25-27,30-31H,19-21H2,1-5H3,(H,35,38)(H,36,40)(H,37,39)/t25?,26-,27-,30+,31+/m0/s1. The van der Waals surface area contributed by atoms with Crippen LogP contribution in [0.4, 0.5) is 0 Å². The Bertz CT molecular complexity index is 1540. The van der Waals surface area contributed by atoms with E-state index in [9.17, 15) is 22.8 Å². The highest BCUT2D eigenvalue weighted by Crippen LogP contribution is 2.31. The van der Waals surface area contributed by atoms with Gasteiger partial charge < -0.3 is 20.7 Å². The first-order valence-electron chi connectivity index (χ1n) is 15.1. The number of carbonyl (C=O) groups is 3. The summed E-state index contributed by atoms with van der Waals surface area (Å²) in [6.07, 6.45) is 1.38. The molecule has 242 valence electrons. The molecule has 1 aromatic heterocycles. The molecule has 0 aliphatic carbocycles. The van der Waals surface area contributed by atoms with E-state index in [0.29, 0.717) is 17.7 Å². The largest absolute Gasteiger partial charge is 0.367 e. The highest BCUT2D eigenvalue weighted by molar-refractivity contribution is 7.92. The highest BCUT2D eigenvalue weighted by Gasteiger charge is 2.49. The minimum absolute atomic E-state index is 0.0529. The molecule has 4 rings (SSSR count). The van der Waals surface area contributed by atoms with Gasteiger partial charge in [0.1, 0.15) is 12.1 Å². The van der Waals surface area contributed by atoms with E-state index < -0.39 is 50.7 Å². The first-order chi connectivity index (χ1) is 21.3. The van der Waals surface area contributed by atoms with Crippen molar-refractivity contribution in [3.63, 3.8) is 0 Å². The molecule has 9 nitrogen and oxygen atoms in total. The molecule has 3 amide bonds. The van der Waals surface area contributed by atoms with E-state index in [1.165, 1.54) is 25.2 Å². The molecular weight excluding hydrogens is 611 g/mol. The van der Waals surface area contributed by atoms with Crippen LogP contribution in [-0.4, -0.2) is 67.5 Å². The van der Waals surface area contributed by atoms with Crippen LogP contribution in [0.15, 0.2) is 78.2 Å². The van der Waals surface area contributed by atoms with Crippen LogP contribution in [0, 0.1) is 5.92 Å². The minimum Gasteiger partial charge on any atom is -0.367 e. The van der Waals surface area contributed by atoms with E-state index in [1.807, 2.05) is 60.7 Å². The van der Waals surface area contributed by atoms with Gasteiger partial charge in [0.2, 0.25) is 11.8 Å². The number of sulfone groups is 1. The zero-order valence-corrected chi connectivity index (χ0v) is 28.0. The number of rotatable bonds is 15. The van der Waals surface area contributed by atoms with E-state index in [4.69, 9.17) is 4.74 Å². The van der Waals surface area contributed by atoms with Crippen LogP contribution in [0.2, 0.25) is 0 Å². The molecule has 1 saturated heterocycles. The molecule has 0 saturated carbocycles. The van der Waals surface area contributed by atoms with Gasteiger partial charge in [0.05, 0.1) is 28.2 Å². The first kappa shape index (κ1) is 34.3. The van der Waals surface area contributed by atoms with Crippen molar-refractivity contribution in [3.8, 4) is 0 Å². The number of thiophene rings is 1. The van der Waals surface area contributed by atoms with Crippen LogP contribution >= 0.6 is 11.3 Å². The second-order valence-electron chi connectivity index (χ2n) is 12.5. The van der Waals surface area contributed by atoms with Crippen molar-refractivity contribution in [1.82, 2.24) is 16.0 Å². The van der Waals surface area contributed by atoms with Crippen LogP contribution in [-0.2, 0) is 37.0 Å². The average molecular weight is 654 g/mol. The fourth-order valence-corrected chi connectivity index (χ4v) is 6.43. The van der Waals surface area contributed by atoms with E-state index >= 15 is 0 Å². The number of benzene rings is 2. The maximum absolute atomic E-state index is 13.9. The zero-order chi connectivity index (χ0) is 32.8. The van der Waals surface area contributed by atoms with Gasteiger partial charge in [0.15, 0.2) is 9.84 Å². The van der Waals surface area contributed by atoms with Gasteiger partial charge in [0, 0.05) is 12.3 Å². The van der Waals surface area contributed by atoms with Gasteiger partial charge in [-0.1, -0.05) is 80.6 Å². The molecule has 3 aromatic rings. The van der Waals surface area contributed by atoms with Gasteiger partial charge in [-0.2, -0.15) is 0 Å². The number of hydrogen-bond donors (Lipinski definition) is 3. The monoisotopic (exact) mass is 653 g/mol. The number of nitrogens with one attached hydrogen (secondary N) is 3. The smallest absolute Gasteiger partial charge is 0.262 e. The highest BCUT2D eigenvalue weighted by atomic mass is 32.2. The summed E-state index contributed by atoms with van der Waals surface area (Å²) in [5, 5.41) is 10.5. The molecule has 1 fully saturated rings. The molecule has 1 aliphatic heterocycles. The number of epoxide rings is 1. The molecule has 3 N–H and O–H groups in total. The van der Waals surface area contributed by atoms with Gasteiger partial charge in [-0.3, -0.25) is 14.4 Å². The predicted octanol–water partition coefficient (Wildman–Crippen LogP) is 3.94. The molecule has 1 aliphatic rings. The van der Waals surface area contributed by atoms with Crippen molar-refractivity contribution in [3.05, 3.63) is 94.2 Å². The quantitative estimate of drug-likeness (QED) is 0.213. The van der Waals surface area contributed by atoms with Gasteiger partial charge >= 0.3 is 0 Å². The van der Waals surface area contributed by atoms with E-state index in [1.54, 1.807) is 17.5 Å². The predicted molar refractivity (Wildman–Crippen MR) is 177 cm³/mol. The zero-order valence-electron chi connectivity index (χ0n) is 26.4. The Kier molecular flexibility index (Phi) is 11.2. The third-order valence-electron chi connectivity index (χ3n) is 8.41. The molecule has 11 heteroatoms. The normalized spacial score (nSPS) is 18.4. The molecule has 5 atom stereocenters. The molecule has 0 bridgehead atoms. The molecular formula is C34H43N3O6S2. The molecule has 2 aromatic carbocycles. The Labute approximate surface area is 270 Å². The molecule has 0 radical (unpaired) electrons. The Balaban J connectivity index is 1.49. The van der Waals surface area contributed by atoms with E-state index in [0.717, 1.165) is 17.4 Å². The van der Waals surface area contributed by atoms with E-state index in [-0.39, 0.29) is 24.3 Å². The third kappa shape index (κ3) is 9.24. The van der Waals surface area contributed by atoms with E-state index in [2.05, 4.69) is 29.8 Å². The molecule has 0 spiro atoms. The summed E-state index contributed by atoms with van der Waals surface area (Å²) >= 11 is 1.19. The van der Waals surface area contributed by atoms with Crippen molar-refractivity contribution in [2.75, 3.05) is 6.26 Å². The summed E-state index contributed by atoms with van der Waals surface area (Å²) in [6.45, 7) is 6.99. The molecule has 1 unspecified atom stereocenters. The minimum atomic E-state index is -3.78. The fraction of sp³-hybridized carbons (Fsp3) is 0.441. The fourth-order valence-electron chi connectivity index (χ4n) is 5.21. The van der Waals surface area contributed by atoms with Crippen LogP contribution < -0.4 is 16.0 Å². The SMILES string of the molecule is CC(C)C(Cc1ccccc1)NC(=O)C[C@@H]1O[C@@H]1[C@H](Cc1ccccc1)NC(=O)[C@@H](NC(=O)c1cccs1)C(C)(C)S(C)(=O)=O. The van der Waals surface area contributed by atoms with Gasteiger partial charge in [-0.15, -0.1) is 11.3 Å². The van der Waals surface area contributed by atoms with Crippen molar-refractivity contribution in [2.45, 2.75) is 82.0 Å². The van der Waals surface area contributed by atoms with Crippen molar-refractivity contribution in [1.29, 1.82) is 0 Å². The van der Waals surface area contributed by atoms with Gasteiger partial charge in [-0.25, -0.2) is 8.42 Å². The Morgan fingerprint density at radius 3 is 2.00 bits per heavy atom. The number of hydrogen-bond acceptors (Lipinski definition) is 7. The van der Waals surface area contributed by atoms with Crippen LogP contribution in [0.5, 0.6) is 0 Å².